The average molecular weight is 123 g/mol. The Labute approximate surface area is 48.0 Å². The Morgan fingerprint density at radius 2 is 2.29 bits per heavy atom. The molecule has 0 radical (unpaired) electrons. The molecule has 0 aromatic heterocycles. The summed E-state index contributed by atoms with van der Waals surface area (Å²) in [5.74, 6) is 0. The highest BCUT2D eigenvalue weighted by atomic mass is 35.5. The molecule has 0 amide bonds. The molecule has 0 aromatic carbocycles. The summed E-state index contributed by atoms with van der Waals surface area (Å²) in [5.41, 5.74) is 2.60. The first-order valence-electron chi connectivity index (χ1n) is 2.08. The van der Waals surface area contributed by atoms with E-state index in [4.69, 9.17) is 0 Å². The largest absolute Gasteiger partial charge is 1.00 e. The van der Waals surface area contributed by atoms with Crippen molar-refractivity contribution in [3.8, 4) is 0 Å². The van der Waals surface area contributed by atoms with E-state index in [2.05, 4.69) is 5.43 Å². The molecular formula is C3H7ClN2O. The van der Waals surface area contributed by atoms with Crippen LogP contribution in [0, 0.1) is 4.91 Å². The lowest BCUT2D eigenvalue weighted by molar-refractivity contribution is -0.585. The van der Waals surface area contributed by atoms with Crippen molar-refractivity contribution >= 4 is 0 Å². The van der Waals surface area contributed by atoms with Crippen molar-refractivity contribution in [3.05, 3.63) is 4.91 Å². The lowest BCUT2D eigenvalue weighted by atomic mass is 10.5. The molecule has 1 heterocycles. The Hall–Kier alpha value is -0.310. The van der Waals surface area contributed by atoms with Gasteiger partial charge in [0.15, 0.2) is 0 Å². The van der Waals surface area contributed by atoms with Crippen molar-refractivity contribution in [3.63, 3.8) is 0 Å². The van der Waals surface area contributed by atoms with Crippen molar-refractivity contribution in [2.75, 3.05) is 13.1 Å². The summed E-state index contributed by atoms with van der Waals surface area (Å²) >= 11 is 0. The van der Waals surface area contributed by atoms with Crippen molar-refractivity contribution < 1.29 is 17.3 Å². The van der Waals surface area contributed by atoms with Crippen LogP contribution in [0.3, 0.4) is 0 Å². The molecule has 0 atom stereocenters. The highest BCUT2D eigenvalue weighted by molar-refractivity contribution is 4.39. The van der Waals surface area contributed by atoms with Gasteiger partial charge < -0.3 is 12.4 Å². The van der Waals surface area contributed by atoms with Crippen LogP contribution < -0.4 is 17.8 Å². The number of nitrogens with zero attached hydrogens (tertiary/aromatic N) is 1. The van der Waals surface area contributed by atoms with Gasteiger partial charge in [0.05, 0.1) is 11.5 Å². The van der Waals surface area contributed by atoms with Gasteiger partial charge in [-0.05, 0) is 0 Å². The SMILES string of the molecule is O=[N+]1CCCN1.[Cl-]. The number of nitrogens with one attached hydrogen (secondary N) is 1. The third-order valence-corrected chi connectivity index (χ3v) is 0.826. The first-order chi connectivity index (χ1) is 2.89. The van der Waals surface area contributed by atoms with Gasteiger partial charge in [-0.25, -0.2) is 0 Å². The number of hydrogen-bond donors (Lipinski definition) is 1. The molecule has 0 bridgehead atoms. The summed E-state index contributed by atoms with van der Waals surface area (Å²) in [6.07, 6.45) is 0.990. The zero-order chi connectivity index (χ0) is 4.41. The first-order valence-corrected chi connectivity index (χ1v) is 2.08. The van der Waals surface area contributed by atoms with Gasteiger partial charge in [-0.3, -0.25) is 0 Å². The van der Waals surface area contributed by atoms with Crippen LogP contribution >= 0.6 is 0 Å². The minimum absolute atomic E-state index is 0. The van der Waals surface area contributed by atoms with Crippen LogP contribution in [0.2, 0.25) is 0 Å². The maximum atomic E-state index is 10.0. The van der Waals surface area contributed by atoms with Crippen molar-refractivity contribution in [1.82, 2.24) is 5.43 Å². The van der Waals surface area contributed by atoms with Gasteiger partial charge in [-0.2, -0.15) is 5.43 Å². The van der Waals surface area contributed by atoms with Crippen LogP contribution in [0.5, 0.6) is 0 Å². The monoisotopic (exact) mass is 122 g/mol. The van der Waals surface area contributed by atoms with Crippen LogP contribution in [-0.4, -0.2) is 18.0 Å². The third kappa shape index (κ3) is 1.73. The van der Waals surface area contributed by atoms with E-state index in [0.717, 1.165) is 17.8 Å². The van der Waals surface area contributed by atoms with Crippen molar-refractivity contribution in [1.29, 1.82) is 0 Å². The topological polar surface area (TPSA) is 32.1 Å². The van der Waals surface area contributed by atoms with E-state index in [-0.39, 0.29) is 12.4 Å². The van der Waals surface area contributed by atoms with Gasteiger partial charge >= 0.3 is 0 Å². The molecule has 0 aliphatic carbocycles. The molecule has 0 unspecified atom stereocenters. The molecule has 1 N–H and O–H groups in total. The zero-order valence-corrected chi connectivity index (χ0v) is 4.61. The Morgan fingerprint density at radius 3 is 2.43 bits per heavy atom. The molecule has 1 aliphatic heterocycles. The van der Waals surface area contributed by atoms with Gasteiger partial charge in [0.1, 0.15) is 4.87 Å². The normalized spacial score (nSPS) is 18.0. The molecular weight excluding hydrogens is 115 g/mol. The van der Waals surface area contributed by atoms with E-state index in [1.165, 1.54) is 0 Å². The van der Waals surface area contributed by atoms with Crippen LogP contribution in [-0.2, 0) is 0 Å². The Morgan fingerprint density at radius 1 is 1.57 bits per heavy atom. The Bertz CT molecular complexity index is 67.3. The summed E-state index contributed by atoms with van der Waals surface area (Å²) in [7, 11) is 0. The van der Waals surface area contributed by atoms with Crippen LogP contribution in [0.1, 0.15) is 6.42 Å². The lowest BCUT2D eigenvalue weighted by Crippen LogP contribution is -3.00. The van der Waals surface area contributed by atoms with Crippen LogP contribution in [0.15, 0.2) is 0 Å². The lowest BCUT2D eigenvalue weighted by Gasteiger charge is -1.70. The maximum Gasteiger partial charge on any atom is 0.227 e. The molecule has 0 aromatic rings. The molecule has 4 heteroatoms. The van der Waals surface area contributed by atoms with Gasteiger partial charge in [0.2, 0.25) is 6.54 Å². The van der Waals surface area contributed by atoms with Crippen LogP contribution in [0.4, 0.5) is 0 Å². The summed E-state index contributed by atoms with van der Waals surface area (Å²) < 4.78 is 0. The van der Waals surface area contributed by atoms with Crippen molar-refractivity contribution in [2.24, 2.45) is 0 Å². The zero-order valence-electron chi connectivity index (χ0n) is 3.85. The molecule has 7 heavy (non-hydrogen) atoms. The molecule has 1 aliphatic rings. The number of nitroso groups, excluding NO2 is 1. The minimum Gasteiger partial charge on any atom is -1.00 e. The van der Waals surface area contributed by atoms with E-state index >= 15 is 0 Å². The number of rotatable bonds is 0. The highest BCUT2D eigenvalue weighted by Gasteiger charge is 2.13. The van der Waals surface area contributed by atoms with E-state index in [0.29, 0.717) is 6.54 Å². The molecule has 1 rings (SSSR count). The summed E-state index contributed by atoms with van der Waals surface area (Å²) in [5, 5.41) is 0. The van der Waals surface area contributed by atoms with E-state index in [1.54, 1.807) is 0 Å². The number of hydrogen-bond acceptors (Lipinski definition) is 1. The summed E-state index contributed by atoms with van der Waals surface area (Å²) in [4.78, 5) is 10.9. The minimum atomic E-state index is 0. The van der Waals surface area contributed by atoms with E-state index in [9.17, 15) is 4.91 Å². The number of hydrazine groups is 1. The highest BCUT2D eigenvalue weighted by Crippen LogP contribution is 1.83. The standard InChI is InChI=1S/C3H7N2O.ClH/c6-5-3-1-2-4-5;/h1-3H2,(H,4,6);1H/q+1;/p-1. The van der Waals surface area contributed by atoms with Gasteiger partial charge in [0.25, 0.3) is 0 Å². The second-order valence-corrected chi connectivity index (χ2v) is 1.36. The Kier molecular flexibility index (Phi) is 2.67. The predicted octanol–water partition coefficient (Wildman–Crippen LogP) is -3.32. The van der Waals surface area contributed by atoms with Gasteiger partial charge in [0, 0.05) is 6.42 Å². The second kappa shape index (κ2) is 2.80. The summed E-state index contributed by atoms with van der Waals surface area (Å²) in [6, 6.07) is 0. The Balaban J connectivity index is 0.000000360. The molecule has 1 saturated heterocycles. The second-order valence-electron chi connectivity index (χ2n) is 1.36. The molecule has 3 nitrogen and oxygen atoms in total. The molecule has 0 saturated carbocycles. The smallest absolute Gasteiger partial charge is 0.227 e. The van der Waals surface area contributed by atoms with E-state index in [1.807, 2.05) is 0 Å². The van der Waals surface area contributed by atoms with Crippen LogP contribution in [0.25, 0.3) is 0 Å². The fourth-order valence-corrected chi connectivity index (χ4v) is 0.505. The van der Waals surface area contributed by atoms with Gasteiger partial charge in [-0.15, -0.1) is 0 Å². The molecule has 1 fully saturated rings. The fraction of sp³-hybridized carbons (Fsp3) is 1.00. The quantitative estimate of drug-likeness (QED) is 0.341. The first kappa shape index (κ1) is 6.69. The van der Waals surface area contributed by atoms with Crippen molar-refractivity contribution in [2.45, 2.75) is 6.42 Å². The average Bonchev–Trinajstić information content (AvgIpc) is 1.86. The number of halogens is 1. The van der Waals surface area contributed by atoms with E-state index < -0.39 is 0 Å². The van der Waals surface area contributed by atoms with Gasteiger partial charge in [-0.1, -0.05) is 0 Å². The molecule has 0 spiro atoms. The maximum absolute atomic E-state index is 10.0. The third-order valence-electron chi connectivity index (χ3n) is 0.826. The summed E-state index contributed by atoms with van der Waals surface area (Å²) in [6.45, 7) is 1.50. The molecule has 42 valence electrons. The predicted molar refractivity (Wildman–Crippen MR) is 21.1 cm³/mol. The fourth-order valence-electron chi connectivity index (χ4n) is 0.505.